The zero-order valence-electron chi connectivity index (χ0n) is 20.8. The number of carbonyl (C=O) groups is 3. The second-order valence-corrected chi connectivity index (χ2v) is 8.70. The number of carboxylic acid groups (broad SMARTS) is 1. The van der Waals surface area contributed by atoms with Crippen LogP contribution in [0.2, 0.25) is 0 Å². The molecular weight excluding hydrogens is 482 g/mol. The highest BCUT2D eigenvalue weighted by atomic mass is 16.5. The summed E-state index contributed by atoms with van der Waals surface area (Å²) in [4.78, 5) is 37.1. The average Bonchev–Trinajstić information content (AvgIpc) is 2.94. The predicted molar refractivity (Wildman–Crippen MR) is 144 cm³/mol. The molecule has 1 atom stereocenters. The van der Waals surface area contributed by atoms with E-state index in [1.165, 1.54) is 25.3 Å². The van der Waals surface area contributed by atoms with E-state index in [1.807, 2.05) is 84.9 Å². The molecule has 4 aromatic carbocycles. The SMILES string of the molecule is COC(=O)c1ccc(NC(=O)C(Cc2ccccc2)Cc2ccc(Oc3ccccc3)cc2)cc1C(=O)O. The zero-order chi connectivity index (χ0) is 26.9. The van der Waals surface area contributed by atoms with Gasteiger partial charge in [-0.15, -0.1) is 0 Å². The molecule has 7 heteroatoms. The minimum atomic E-state index is -1.29. The monoisotopic (exact) mass is 509 g/mol. The van der Waals surface area contributed by atoms with Gasteiger partial charge in [-0.1, -0.05) is 60.7 Å². The number of hydrogen-bond donors (Lipinski definition) is 2. The van der Waals surface area contributed by atoms with Gasteiger partial charge in [0, 0.05) is 11.6 Å². The summed E-state index contributed by atoms with van der Waals surface area (Å²) in [6.45, 7) is 0. The number of carbonyl (C=O) groups excluding carboxylic acids is 2. The van der Waals surface area contributed by atoms with Crippen LogP contribution >= 0.6 is 0 Å². The highest BCUT2D eigenvalue weighted by Gasteiger charge is 2.22. The van der Waals surface area contributed by atoms with Crippen LogP contribution in [0.3, 0.4) is 0 Å². The first-order valence-electron chi connectivity index (χ1n) is 12.0. The predicted octanol–water partition coefficient (Wildman–Crippen LogP) is 6.00. The van der Waals surface area contributed by atoms with Crippen molar-refractivity contribution in [1.82, 2.24) is 0 Å². The van der Waals surface area contributed by atoms with Crippen molar-refractivity contribution in [1.29, 1.82) is 0 Å². The Labute approximate surface area is 220 Å². The Hall–Kier alpha value is -4.91. The molecule has 0 bridgehead atoms. The Morgan fingerprint density at radius 3 is 1.92 bits per heavy atom. The molecule has 0 saturated heterocycles. The van der Waals surface area contributed by atoms with Crippen molar-refractivity contribution < 1.29 is 29.0 Å². The maximum absolute atomic E-state index is 13.4. The van der Waals surface area contributed by atoms with Crippen LogP contribution in [0.25, 0.3) is 0 Å². The summed E-state index contributed by atoms with van der Waals surface area (Å²) in [5.41, 5.74) is 1.90. The number of nitrogens with one attached hydrogen (secondary N) is 1. The van der Waals surface area contributed by atoms with Crippen LogP contribution in [-0.4, -0.2) is 30.1 Å². The molecule has 1 amide bonds. The van der Waals surface area contributed by atoms with Crippen LogP contribution < -0.4 is 10.1 Å². The first-order valence-corrected chi connectivity index (χ1v) is 12.0. The van der Waals surface area contributed by atoms with E-state index in [9.17, 15) is 19.5 Å². The Morgan fingerprint density at radius 2 is 1.32 bits per heavy atom. The number of ether oxygens (including phenoxy) is 2. The van der Waals surface area contributed by atoms with Crippen LogP contribution in [0.4, 0.5) is 5.69 Å². The van der Waals surface area contributed by atoms with Gasteiger partial charge in [0.2, 0.25) is 5.91 Å². The van der Waals surface area contributed by atoms with E-state index in [1.54, 1.807) is 0 Å². The van der Waals surface area contributed by atoms with Gasteiger partial charge in [0.25, 0.3) is 0 Å². The Bertz CT molecular complexity index is 1400. The largest absolute Gasteiger partial charge is 0.478 e. The third kappa shape index (κ3) is 6.85. The van der Waals surface area contributed by atoms with Crippen molar-refractivity contribution in [3.63, 3.8) is 0 Å². The highest BCUT2D eigenvalue weighted by molar-refractivity contribution is 6.04. The lowest BCUT2D eigenvalue weighted by Gasteiger charge is -2.18. The van der Waals surface area contributed by atoms with Crippen molar-refractivity contribution in [2.75, 3.05) is 12.4 Å². The third-order valence-corrected chi connectivity index (χ3v) is 6.00. The molecular formula is C31H27NO6. The normalized spacial score (nSPS) is 11.3. The lowest BCUT2D eigenvalue weighted by Crippen LogP contribution is -2.27. The first-order chi connectivity index (χ1) is 18.4. The standard InChI is InChI=1S/C31H27NO6/c1-37-31(36)27-17-14-24(20-28(27)30(34)35)32-29(33)23(18-21-8-4-2-5-9-21)19-22-12-15-26(16-13-22)38-25-10-6-3-7-11-25/h2-17,20,23H,18-19H2,1H3,(H,32,33)(H,34,35). The van der Waals surface area contributed by atoms with E-state index in [4.69, 9.17) is 4.74 Å². The van der Waals surface area contributed by atoms with Gasteiger partial charge in [0.1, 0.15) is 11.5 Å². The second-order valence-electron chi connectivity index (χ2n) is 8.70. The van der Waals surface area contributed by atoms with Gasteiger partial charge in [-0.3, -0.25) is 4.79 Å². The van der Waals surface area contributed by atoms with Crippen LogP contribution in [-0.2, 0) is 22.4 Å². The summed E-state index contributed by atoms with van der Waals surface area (Å²) in [6, 6.07) is 30.8. The molecule has 0 fully saturated rings. The van der Waals surface area contributed by atoms with E-state index in [0.717, 1.165) is 16.9 Å². The molecule has 0 aliphatic rings. The molecule has 192 valence electrons. The minimum absolute atomic E-state index is 0.0864. The number of rotatable bonds is 10. The van der Waals surface area contributed by atoms with Gasteiger partial charge in [-0.2, -0.15) is 0 Å². The molecule has 0 aliphatic heterocycles. The number of benzene rings is 4. The number of esters is 1. The lowest BCUT2D eigenvalue weighted by atomic mass is 9.91. The van der Waals surface area contributed by atoms with Gasteiger partial charge in [-0.25, -0.2) is 9.59 Å². The van der Waals surface area contributed by atoms with Crippen LogP contribution in [0.1, 0.15) is 31.8 Å². The molecule has 0 saturated carbocycles. The van der Waals surface area contributed by atoms with Gasteiger partial charge in [-0.05, 0) is 66.4 Å². The number of aromatic carboxylic acids is 1. The maximum atomic E-state index is 13.4. The fraction of sp³-hybridized carbons (Fsp3) is 0.129. The number of para-hydroxylation sites is 1. The van der Waals surface area contributed by atoms with Gasteiger partial charge < -0.3 is 19.9 Å². The van der Waals surface area contributed by atoms with E-state index in [0.29, 0.717) is 18.6 Å². The molecule has 4 aromatic rings. The highest BCUT2D eigenvalue weighted by Crippen LogP contribution is 2.24. The quantitative estimate of drug-likeness (QED) is 0.254. The molecule has 0 aromatic heterocycles. The number of hydrogen-bond acceptors (Lipinski definition) is 5. The Balaban J connectivity index is 1.53. The van der Waals surface area contributed by atoms with E-state index in [-0.39, 0.29) is 22.7 Å². The summed E-state index contributed by atoms with van der Waals surface area (Å²) in [5.74, 6) is -1.33. The topological polar surface area (TPSA) is 102 Å². The molecule has 0 heterocycles. The molecule has 0 aliphatic carbocycles. The maximum Gasteiger partial charge on any atom is 0.338 e. The van der Waals surface area contributed by atoms with Gasteiger partial charge in [0.15, 0.2) is 0 Å². The van der Waals surface area contributed by atoms with Crippen molar-refractivity contribution in [3.05, 3.63) is 125 Å². The zero-order valence-corrected chi connectivity index (χ0v) is 20.8. The molecule has 2 N–H and O–H groups in total. The van der Waals surface area contributed by atoms with Crippen LogP contribution in [0, 0.1) is 5.92 Å². The Kier molecular flexibility index (Phi) is 8.51. The van der Waals surface area contributed by atoms with E-state index < -0.39 is 17.9 Å². The second kappa shape index (κ2) is 12.4. The van der Waals surface area contributed by atoms with Crippen molar-refractivity contribution >= 4 is 23.5 Å². The molecule has 38 heavy (non-hydrogen) atoms. The van der Waals surface area contributed by atoms with Crippen molar-refractivity contribution in [2.24, 2.45) is 5.92 Å². The number of carboxylic acids is 1. The minimum Gasteiger partial charge on any atom is -0.478 e. The summed E-state index contributed by atoms with van der Waals surface area (Å²) in [7, 11) is 1.18. The summed E-state index contributed by atoms with van der Waals surface area (Å²) >= 11 is 0. The molecule has 4 rings (SSSR count). The third-order valence-electron chi connectivity index (χ3n) is 6.00. The fourth-order valence-corrected chi connectivity index (χ4v) is 4.09. The summed E-state index contributed by atoms with van der Waals surface area (Å²) < 4.78 is 10.5. The van der Waals surface area contributed by atoms with Crippen LogP contribution in [0.5, 0.6) is 11.5 Å². The molecule has 7 nitrogen and oxygen atoms in total. The lowest BCUT2D eigenvalue weighted by molar-refractivity contribution is -0.119. The Morgan fingerprint density at radius 1 is 0.737 bits per heavy atom. The smallest absolute Gasteiger partial charge is 0.338 e. The number of amides is 1. The van der Waals surface area contributed by atoms with Gasteiger partial charge in [0.05, 0.1) is 18.2 Å². The summed E-state index contributed by atoms with van der Waals surface area (Å²) in [5, 5.41) is 12.4. The van der Waals surface area contributed by atoms with E-state index >= 15 is 0 Å². The number of methoxy groups -OCH3 is 1. The molecule has 0 spiro atoms. The van der Waals surface area contributed by atoms with Crippen LogP contribution in [0.15, 0.2) is 103 Å². The van der Waals surface area contributed by atoms with Gasteiger partial charge >= 0.3 is 11.9 Å². The van der Waals surface area contributed by atoms with Crippen molar-refractivity contribution in [2.45, 2.75) is 12.8 Å². The summed E-state index contributed by atoms with van der Waals surface area (Å²) in [6.07, 6.45) is 0.944. The molecule has 1 unspecified atom stereocenters. The molecule has 0 radical (unpaired) electrons. The average molecular weight is 510 g/mol. The van der Waals surface area contributed by atoms with Crippen molar-refractivity contribution in [3.8, 4) is 11.5 Å². The fourth-order valence-electron chi connectivity index (χ4n) is 4.09. The number of anilines is 1. The van der Waals surface area contributed by atoms with E-state index in [2.05, 4.69) is 10.1 Å². The first kappa shape index (κ1) is 26.2.